The highest BCUT2D eigenvalue weighted by Gasteiger charge is 2.15. The van der Waals surface area contributed by atoms with Crippen molar-refractivity contribution in [3.05, 3.63) is 39.0 Å². The van der Waals surface area contributed by atoms with E-state index in [0.717, 1.165) is 28.9 Å². The summed E-state index contributed by atoms with van der Waals surface area (Å²) in [5, 5.41) is 2.78. The van der Waals surface area contributed by atoms with E-state index >= 15 is 0 Å². The van der Waals surface area contributed by atoms with E-state index in [2.05, 4.69) is 42.9 Å². The first-order valence-electron chi connectivity index (χ1n) is 7.53. The molecule has 2 heterocycles. The number of hydrogen-bond donors (Lipinski definition) is 1. The third-order valence-corrected chi connectivity index (χ3v) is 4.76. The highest BCUT2D eigenvalue weighted by molar-refractivity contribution is 9.11. The molecule has 0 saturated carbocycles. The molecule has 0 bridgehead atoms. The van der Waals surface area contributed by atoms with Crippen molar-refractivity contribution in [2.24, 2.45) is 0 Å². The minimum atomic E-state index is -0.471. The lowest BCUT2D eigenvalue weighted by Gasteiger charge is -2.19. The standard InChI is InChI=1S/C16H22BrN3O2S/c1-16(2,3)22-15(21)19-8-6-12-10-18-11-20(12)9-7-13-4-5-14(17)23-13/h4-5,10-11H,6-9H2,1-3H3,(H,19,21). The number of alkyl carbamates (subject to hydrolysis) is 1. The molecule has 5 nitrogen and oxygen atoms in total. The van der Waals surface area contributed by atoms with E-state index < -0.39 is 5.60 Å². The van der Waals surface area contributed by atoms with Crippen molar-refractivity contribution < 1.29 is 9.53 Å². The van der Waals surface area contributed by atoms with Crippen LogP contribution in [0.5, 0.6) is 0 Å². The minimum Gasteiger partial charge on any atom is -0.444 e. The zero-order valence-electron chi connectivity index (χ0n) is 13.6. The lowest BCUT2D eigenvalue weighted by molar-refractivity contribution is 0.0528. The smallest absolute Gasteiger partial charge is 0.407 e. The van der Waals surface area contributed by atoms with Gasteiger partial charge in [-0.3, -0.25) is 0 Å². The molecule has 0 fully saturated rings. The van der Waals surface area contributed by atoms with Crippen LogP contribution in [0.2, 0.25) is 0 Å². The average molecular weight is 400 g/mol. The topological polar surface area (TPSA) is 56.1 Å². The zero-order chi connectivity index (χ0) is 16.9. The number of halogens is 1. The summed E-state index contributed by atoms with van der Waals surface area (Å²) in [5.74, 6) is 0. The lowest BCUT2D eigenvalue weighted by atomic mass is 10.2. The average Bonchev–Trinajstić information content (AvgIpc) is 3.03. The van der Waals surface area contributed by atoms with Gasteiger partial charge in [-0.2, -0.15) is 0 Å². The second-order valence-corrected chi connectivity index (χ2v) is 8.76. The molecule has 2 aromatic rings. The van der Waals surface area contributed by atoms with E-state index in [0.29, 0.717) is 6.54 Å². The number of ether oxygens (including phenoxy) is 1. The molecule has 2 rings (SSSR count). The number of carbonyl (C=O) groups excluding carboxylic acids is 1. The number of hydrogen-bond acceptors (Lipinski definition) is 4. The molecule has 0 unspecified atom stereocenters. The number of imidazole rings is 1. The Morgan fingerprint density at radius 3 is 2.83 bits per heavy atom. The molecule has 0 saturated heterocycles. The van der Waals surface area contributed by atoms with E-state index in [1.807, 2.05) is 33.3 Å². The van der Waals surface area contributed by atoms with Crippen molar-refractivity contribution in [3.8, 4) is 0 Å². The van der Waals surface area contributed by atoms with Gasteiger partial charge in [-0.25, -0.2) is 9.78 Å². The fourth-order valence-corrected chi connectivity index (χ4v) is 3.55. The van der Waals surface area contributed by atoms with Crippen LogP contribution in [0, 0.1) is 0 Å². The first-order chi connectivity index (χ1) is 10.8. The Balaban J connectivity index is 1.78. The monoisotopic (exact) mass is 399 g/mol. The van der Waals surface area contributed by atoms with E-state index in [4.69, 9.17) is 4.74 Å². The van der Waals surface area contributed by atoms with Gasteiger partial charge in [0.15, 0.2) is 0 Å². The number of aromatic nitrogens is 2. The molecule has 23 heavy (non-hydrogen) atoms. The summed E-state index contributed by atoms with van der Waals surface area (Å²) in [6.07, 6.45) is 5.01. The zero-order valence-corrected chi connectivity index (χ0v) is 16.0. The van der Waals surface area contributed by atoms with E-state index in [1.165, 1.54) is 4.88 Å². The molecule has 126 valence electrons. The van der Waals surface area contributed by atoms with Crippen molar-refractivity contribution in [2.75, 3.05) is 6.54 Å². The van der Waals surface area contributed by atoms with Crippen molar-refractivity contribution in [1.82, 2.24) is 14.9 Å². The second kappa shape index (κ2) is 7.97. The van der Waals surface area contributed by atoms with Crippen LogP contribution < -0.4 is 5.32 Å². The summed E-state index contributed by atoms with van der Waals surface area (Å²) in [4.78, 5) is 17.2. The summed E-state index contributed by atoms with van der Waals surface area (Å²) in [6, 6.07) is 4.20. The predicted octanol–water partition coefficient (Wildman–Crippen LogP) is 4.02. The van der Waals surface area contributed by atoms with Crippen LogP contribution >= 0.6 is 27.3 Å². The maximum Gasteiger partial charge on any atom is 0.407 e. The molecule has 0 radical (unpaired) electrons. The molecule has 1 amide bonds. The van der Waals surface area contributed by atoms with Crippen molar-refractivity contribution in [3.63, 3.8) is 0 Å². The molecule has 0 spiro atoms. The molecule has 1 N–H and O–H groups in total. The normalized spacial score (nSPS) is 11.5. The molecule has 0 aromatic carbocycles. The first kappa shape index (κ1) is 18.0. The molecule has 2 aromatic heterocycles. The number of aryl methyl sites for hydroxylation is 2. The largest absolute Gasteiger partial charge is 0.444 e. The fraction of sp³-hybridized carbons (Fsp3) is 0.500. The highest BCUT2D eigenvalue weighted by atomic mass is 79.9. The van der Waals surface area contributed by atoms with Gasteiger partial charge in [0.1, 0.15) is 5.60 Å². The maximum absolute atomic E-state index is 11.6. The quantitative estimate of drug-likeness (QED) is 0.797. The Morgan fingerprint density at radius 1 is 1.39 bits per heavy atom. The predicted molar refractivity (Wildman–Crippen MR) is 95.9 cm³/mol. The summed E-state index contributed by atoms with van der Waals surface area (Å²) in [6.45, 7) is 6.97. The van der Waals surface area contributed by atoms with E-state index in [-0.39, 0.29) is 6.09 Å². The van der Waals surface area contributed by atoms with Gasteiger partial charge in [0, 0.05) is 36.3 Å². The summed E-state index contributed by atoms with van der Waals surface area (Å²) in [7, 11) is 0. The van der Waals surface area contributed by atoms with Crippen LogP contribution in [0.3, 0.4) is 0 Å². The fourth-order valence-electron chi connectivity index (χ4n) is 2.08. The third kappa shape index (κ3) is 6.35. The van der Waals surface area contributed by atoms with Crippen molar-refractivity contribution in [1.29, 1.82) is 0 Å². The van der Waals surface area contributed by atoms with Gasteiger partial charge in [0.05, 0.1) is 10.1 Å². The van der Waals surface area contributed by atoms with Crippen LogP contribution in [0.1, 0.15) is 31.3 Å². The van der Waals surface area contributed by atoms with Gasteiger partial charge in [-0.05, 0) is 55.3 Å². The molecule has 0 atom stereocenters. The van der Waals surface area contributed by atoms with Gasteiger partial charge in [0.2, 0.25) is 0 Å². The Bertz CT molecular complexity index is 646. The minimum absolute atomic E-state index is 0.382. The van der Waals surface area contributed by atoms with Gasteiger partial charge in [-0.1, -0.05) is 0 Å². The molecule has 0 aliphatic carbocycles. The van der Waals surface area contributed by atoms with E-state index in [1.54, 1.807) is 11.3 Å². The van der Waals surface area contributed by atoms with Crippen LogP contribution in [-0.4, -0.2) is 27.8 Å². The lowest BCUT2D eigenvalue weighted by Crippen LogP contribution is -2.33. The number of nitrogens with one attached hydrogen (secondary N) is 1. The van der Waals surface area contributed by atoms with Gasteiger partial charge in [0.25, 0.3) is 0 Å². The Kier molecular flexibility index (Phi) is 6.24. The number of rotatable bonds is 6. The number of nitrogens with zero attached hydrogens (tertiary/aromatic N) is 2. The van der Waals surface area contributed by atoms with Crippen molar-refractivity contribution >= 4 is 33.4 Å². The van der Waals surface area contributed by atoms with Gasteiger partial charge >= 0.3 is 6.09 Å². The number of amides is 1. The molecule has 0 aliphatic rings. The molecular formula is C16H22BrN3O2S. The molecule has 0 aliphatic heterocycles. The molecular weight excluding hydrogens is 378 g/mol. The van der Waals surface area contributed by atoms with Gasteiger partial charge in [-0.15, -0.1) is 11.3 Å². The third-order valence-electron chi connectivity index (χ3n) is 3.08. The van der Waals surface area contributed by atoms with Crippen LogP contribution in [-0.2, 0) is 24.1 Å². The number of carbonyl (C=O) groups is 1. The highest BCUT2D eigenvalue weighted by Crippen LogP contribution is 2.22. The second-order valence-electron chi connectivity index (χ2n) is 6.21. The maximum atomic E-state index is 11.6. The first-order valence-corrected chi connectivity index (χ1v) is 9.14. The summed E-state index contributed by atoms with van der Waals surface area (Å²) < 4.78 is 8.50. The Labute approximate surface area is 149 Å². The van der Waals surface area contributed by atoms with Crippen LogP contribution in [0.15, 0.2) is 28.4 Å². The van der Waals surface area contributed by atoms with Gasteiger partial charge < -0.3 is 14.6 Å². The summed E-state index contributed by atoms with van der Waals surface area (Å²) >= 11 is 5.23. The van der Waals surface area contributed by atoms with Crippen LogP contribution in [0.25, 0.3) is 0 Å². The number of thiophene rings is 1. The Morgan fingerprint density at radius 2 is 2.17 bits per heavy atom. The Hall–Kier alpha value is -1.34. The van der Waals surface area contributed by atoms with E-state index in [9.17, 15) is 4.79 Å². The van der Waals surface area contributed by atoms with Crippen molar-refractivity contribution in [2.45, 2.75) is 45.8 Å². The SMILES string of the molecule is CC(C)(C)OC(=O)NCCc1cncn1CCc1ccc(Br)s1. The summed E-state index contributed by atoms with van der Waals surface area (Å²) in [5.41, 5.74) is 0.637. The van der Waals surface area contributed by atoms with Crippen LogP contribution in [0.4, 0.5) is 4.79 Å². The molecule has 7 heteroatoms.